The van der Waals surface area contributed by atoms with Crippen molar-refractivity contribution in [3.63, 3.8) is 0 Å². The lowest BCUT2D eigenvalue weighted by molar-refractivity contribution is 0.199. The van der Waals surface area contributed by atoms with Crippen LogP contribution in [0.25, 0.3) is 5.57 Å². The summed E-state index contributed by atoms with van der Waals surface area (Å²) in [5, 5.41) is 3.29. The molecule has 0 aliphatic rings. The van der Waals surface area contributed by atoms with E-state index in [2.05, 4.69) is 18.3 Å². The number of furan rings is 1. The van der Waals surface area contributed by atoms with Crippen molar-refractivity contribution in [3.05, 3.63) is 30.2 Å². The van der Waals surface area contributed by atoms with Crippen LogP contribution in [0.15, 0.2) is 28.9 Å². The number of allylic oxidation sites excluding steroid dienone is 1. The Morgan fingerprint density at radius 3 is 3.07 bits per heavy atom. The summed E-state index contributed by atoms with van der Waals surface area (Å²) in [6.45, 7) is 4.71. The molecule has 1 rings (SSSR count). The van der Waals surface area contributed by atoms with Crippen LogP contribution in [0.4, 0.5) is 0 Å². The highest BCUT2D eigenvalue weighted by Gasteiger charge is 1.96. The number of hydrogen-bond acceptors (Lipinski definition) is 3. The van der Waals surface area contributed by atoms with Gasteiger partial charge in [-0.1, -0.05) is 6.08 Å². The van der Waals surface area contributed by atoms with Gasteiger partial charge in [0.25, 0.3) is 0 Å². The van der Waals surface area contributed by atoms with E-state index in [0.29, 0.717) is 0 Å². The normalized spacial score (nSPS) is 12.0. The lowest BCUT2D eigenvalue weighted by Crippen LogP contribution is -2.19. The van der Waals surface area contributed by atoms with Gasteiger partial charge in [0, 0.05) is 13.7 Å². The molecule has 0 aromatic carbocycles. The van der Waals surface area contributed by atoms with Gasteiger partial charge < -0.3 is 14.5 Å². The van der Waals surface area contributed by atoms with E-state index in [-0.39, 0.29) is 0 Å². The van der Waals surface area contributed by atoms with Gasteiger partial charge in [0.2, 0.25) is 0 Å². The van der Waals surface area contributed by atoms with Crippen molar-refractivity contribution in [1.82, 2.24) is 5.32 Å². The third-order valence-electron chi connectivity index (χ3n) is 2.16. The highest BCUT2D eigenvalue weighted by molar-refractivity contribution is 5.58. The average Bonchev–Trinajstić information content (AvgIpc) is 2.76. The monoisotopic (exact) mass is 209 g/mol. The molecule has 0 spiro atoms. The molecular weight excluding hydrogens is 190 g/mol. The Hall–Kier alpha value is -1.06. The van der Waals surface area contributed by atoms with Gasteiger partial charge in [-0.25, -0.2) is 0 Å². The molecule has 0 atom stereocenters. The van der Waals surface area contributed by atoms with E-state index in [1.54, 1.807) is 13.4 Å². The quantitative estimate of drug-likeness (QED) is 0.700. The summed E-state index contributed by atoms with van der Waals surface area (Å²) in [4.78, 5) is 0. The second kappa shape index (κ2) is 7.26. The van der Waals surface area contributed by atoms with E-state index in [1.807, 2.05) is 12.1 Å². The fourth-order valence-electron chi connectivity index (χ4n) is 1.29. The van der Waals surface area contributed by atoms with Crippen molar-refractivity contribution >= 4 is 5.57 Å². The summed E-state index contributed by atoms with van der Waals surface area (Å²) in [5.74, 6) is 0.951. The third kappa shape index (κ3) is 4.81. The van der Waals surface area contributed by atoms with E-state index in [4.69, 9.17) is 9.15 Å². The number of nitrogens with one attached hydrogen (secondary N) is 1. The zero-order valence-corrected chi connectivity index (χ0v) is 9.45. The zero-order chi connectivity index (χ0) is 10.9. The molecule has 0 amide bonds. The molecule has 0 saturated carbocycles. The molecule has 1 heterocycles. The molecular formula is C12H19NO2. The van der Waals surface area contributed by atoms with Gasteiger partial charge in [-0.15, -0.1) is 0 Å². The molecule has 0 radical (unpaired) electrons. The Morgan fingerprint density at radius 1 is 1.53 bits per heavy atom. The zero-order valence-electron chi connectivity index (χ0n) is 9.45. The fourth-order valence-corrected chi connectivity index (χ4v) is 1.29. The van der Waals surface area contributed by atoms with Crippen LogP contribution in [0.5, 0.6) is 0 Å². The molecule has 0 fully saturated rings. The largest absolute Gasteiger partial charge is 0.465 e. The maximum Gasteiger partial charge on any atom is 0.129 e. The molecule has 3 heteroatoms. The Bertz CT molecular complexity index is 278. The molecule has 1 aromatic rings. The third-order valence-corrected chi connectivity index (χ3v) is 2.16. The van der Waals surface area contributed by atoms with Crippen molar-refractivity contribution in [2.75, 3.05) is 26.8 Å². The molecule has 1 aromatic heterocycles. The summed E-state index contributed by atoms with van der Waals surface area (Å²) in [6, 6.07) is 3.88. The van der Waals surface area contributed by atoms with Crippen molar-refractivity contribution in [2.45, 2.75) is 13.3 Å². The van der Waals surface area contributed by atoms with Crippen LogP contribution in [0.3, 0.4) is 0 Å². The van der Waals surface area contributed by atoms with Gasteiger partial charge in [0.05, 0.1) is 12.9 Å². The molecule has 0 unspecified atom stereocenters. The lowest BCUT2D eigenvalue weighted by atomic mass is 10.2. The standard InChI is InChI=1S/C12H19NO2/c1-11(12-6-4-9-15-12)5-3-7-13-8-10-14-2/h4-6,9,13H,3,7-8,10H2,1-2H3. The van der Waals surface area contributed by atoms with E-state index < -0.39 is 0 Å². The van der Waals surface area contributed by atoms with E-state index in [1.165, 1.54) is 5.57 Å². The molecule has 1 N–H and O–H groups in total. The average molecular weight is 209 g/mol. The predicted molar refractivity (Wildman–Crippen MR) is 61.7 cm³/mol. The Labute approximate surface area is 91.1 Å². The maximum absolute atomic E-state index is 5.28. The number of ether oxygens (including phenoxy) is 1. The highest BCUT2D eigenvalue weighted by atomic mass is 16.5. The smallest absolute Gasteiger partial charge is 0.129 e. The van der Waals surface area contributed by atoms with E-state index in [9.17, 15) is 0 Å². The van der Waals surface area contributed by atoms with Gasteiger partial charge in [-0.05, 0) is 37.6 Å². The molecule has 3 nitrogen and oxygen atoms in total. The topological polar surface area (TPSA) is 34.4 Å². The maximum atomic E-state index is 5.28. The summed E-state index contributed by atoms with van der Waals surface area (Å²) < 4.78 is 10.2. The number of methoxy groups -OCH3 is 1. The molecule has 84 valence electrons. The first-order chi connectivity index (χ1) is 7.34. The SMILES string of the molecule is COCCNCCC=C(C)c1ccco1. The van der Waals surface area contributed by atoms with Crippen molar-refractivity contribution in [3.8, 4) is 0 Å². The molecule has 15 heavy (non-hydrogen) atoms. The van der Waals surface area contributed by atoms with Crippen LogP contribution in [0.1, 0.15) is 19.1 Å². The van der Waals surface area contributed by atoms with Crippen LogP contribution in [-0.4, -0.2) is 26.8 Å². The van der Waals surface area contributed by atoms with Crippen molar-refractivity contribution < 1.29 is 9.15 Å². The van der Waals surface area contributed by atoms with Gasteiger partial charge in [-0.3, -0.25) is 0 Å². The number of hydrogen-bond donors (Lipinski definition) is 1. The molecule has 0 aliphatic carbocycles. The second-order valence-electron chi connectivity index (χ2n) is 3.40. The van der Waals surface area contributed by atoms with E-state index >= 15 is 0 Å². The first-order valence-corrected chi connectivity index (χ1v) is 5.25. The lowest BCUT2D eigenvalue weighted by Gasteiger charge is -2.01. The van der Waals surface area contributed by atoms with Gasteiger partial charge in [0.15, 0.2) is 0 Å². The van der Waals surface area contributed by atoms with Crippen LogP contribution in [0.2, 0.25) is 0 Å². The summed E-state index contributed by atoms with van der Waals surface area (Å²) in [6.07, 6.45) is 4.89. The molecule has 0 saturated heterocycles. The highest BCUT2D eigenvalue weighted by Crippen LogP contribution is 2.13. The van der Waals surface area contributed by atoms with Gasteiger partial charge in [-0.2, -0.15) is 0 Å². The van der Waals surface area contributed by atoms with Gasteiger partial charge in [0.1, 0.15) is 5.76 Å². The van der Waals surface area contributed by atoms with Crippen LogP contribution < -0.4 is 5.32 Å². The second-order valence-corrected chi connectivity index (χ2v) is 3.40. The van der Waals surface area contributed by atoms with Crippen LogP contribution >= 0.6 is 0 Å². The Morgan fingerprint density at radius 2 is 2.40 bits per heavy atom. The minimum absolute atomic E-state index is 0.765. The Balaban J connectivity index is 2.15. The van der Waals surface area contributed by atoms with Gasteiger partial charge >= 0.3 is 0 Å². The summed E-state index contributed by atoms with van der Waals surface area (Å²) >= 11 is 0. The van der Waals surface area contributed by atoms with Crippen LogP contribution in [0, 0.1) is 0 Å². The first-order valence-electron chi connectivity index (χ1n) is 5.25. The Kier molecular flexibility index (Phi) is 5.81. The molecule has 0 aliphatic heterocycles. The predicted octanol–water partition coefficient (Wildman–Crippen LogP) is 2.31. The minimum Gasteiger partial charge on any atom is -0.465 e. The minimum atomic E-state index is 0.765. The van der Waals surface area contributed by atoms with E-state index in [0.717, 1.165) is 31.9 Å². The van der Waals surface area contributed by atoms with Crippen molar-refractivity contribution in [1.29, 1.82) is 0 Å². The fraction of sp³-hybridized carbons (Fsp3) is 0.500. The van der Waals surface area contributed by atoms with Crippen LogP contribution in [-0.2, 0) is 4.74 Å². The molecule has 0 bridgehead atoms. The number of rotatable bonds is 7. The summed E-state index contributed by atoms with van der Waals surface area (Å²) in [5.41, 5.74) is 1.19. The summed E-state index contributed by atoms with van der Waals surface area (Å²) in [7, 11) is 1.71. The first kappa shape index (κ1) is 12.0. The van der Waals surface area contributed by atoms with Crippen molar-refractivity contribution in [2.24, 2.45) is 0 Å².